The van der Waals surface area contributed by atoms with E-state index in [1.807, 2.05) is 0 Å². The molecule has 0 radical (unpaired) electrons. The first kappa shape index (κ1) is 11.5. The molecule has 3 heteroatoms. The zero-order chi connectivity index (χ0) is 8.55. The van der Waals surface area contributed by atoms with Gasteiger partial charge in [0, 0.05) is 17.1 Å². The summed E-state index contributed by atoms with van der Waals surface area (Å²) in [5.41, 5.74) is 2.92. The Morgan fingerprint density at radius 3 is 2.92 bits per heavy atom. The Morgan fingerprint density at radius 1 is 1.38 bits per heavy atom. The lowest BCUT2D eigenvalue weighted by Gasteiger charge is -2.23. The van der Waals surface area contributed by atoms with Crippen molar-refractivity contribution in [3.63, 3.8) is 0 Å². The molecule has 1 N–H and O–H groups in total. The third-order valence-electron chi connectivity index (χ3n) is 2.34. The Bertz CT molecular complexity index is 301. The molecule has 13 heavy (non-hydrogen) atoms. The third-order valence-corrected chi connectivity index (χ3v) is 2.83. The van der Waals surface area contributed by atoms with Crippen LogP contribution in [0.1, 0.15) is 18.1 Å². The SMILES string of the molecule is CC1Cc2ccc(Br)cc2CN1.I. The Morgan fingerprint density at radius 2 is 2.15 bits per heavy atom. The van der Waals surface area contributed by atoms with Crippen molar-refractivity contribution in [1.29, 1.82) is 0 Å². The van der Waals surface area contributed by atoms with E-state index in [1.54, 1.807) is 0 Å². The van der Waals surface area contributed by atoms with Gasteiger partial charge in [0.2, 0.25) is 0 Å². The van der Waals surface area contributed by atoms with Crippen LogP contribution < -0.4 is 5.32 Å². The van der Waals surface area contributed by atoms with E-state index < -0.39 is 0 Å². The highest BCUT2D eigenvalue weighted by Crippen LogP contribution is 2.20. The second-order valence-electron chi connectivity index (χ2n) is 3.40. The fourth-order valence-electron chi connectivity index (χ4n) is 1.64. The summed E-state index contributed by atoms with van der Waals surface area (Å²) in [7, 11) is 0. The zero-order valence-electron chi connectivity index (χ0n) is 7.51. The van der Waals surface area contributed by atoms with E-state index in [2.05, 4.69) is 46.4 Å². The largest absolute Gasteiger partial charge is 0.310 e. The molecular formula is C10H13BrIN. The summed E-state index contributed by atoms with van der Waals surface area (Å²) in [6.45, 7) is 3.24. The Kier molecular flexibility index (Phi) is 4.19. The molecule has 1 atom stereocenters. The normalized spacial score (nSPS) is 20.3. The number of rotatable bonds is 0. The van der Waals surface area contributed by atoms with Gasteiger partial charge in [-0.2, -0.15) is 0 Å². The maximum absolute atomic E-state index is 3.48. The topological polar surface area (TPSA) is 12.0 Å². The molecule has 0 fully saturated rings. The van der Waals surface area contributed by atoms with E-state index in [9.17, 15) is 0 Å². The van der Waals surface area contributed by atoms with Crippen molar-refractivity contribution in [2.45, 2.75) is 25.9 Å². The van der Waals surface area contributed by atoms with Crippen LogP contribution in [0.5, 0.6) is 0 Å². The molecule has 0 saturated heterocycles. The van der Waals surface area contributed by atoms with Gasteiger partial charge in [-0.25, -0.2) is 0 Å². The highest BCUT2D eigenvalue weighted by atomic mass is 127. The van der Waals surface area contributed by atoms with E-state index in [0.717, 1.165) is 13.0 Å². The van der Waals surface area contributed by atoms with Gasteiger partial charge < -0.3 is 5.32 Å². The van der Waals surface area contributed by atoms with Crippen LogP contribution in [-0.4, -0.2) is 6.04 Å². The van der Waals surface area contributed by atoms with Crippen molar-refractivity contribution in [1.82, 2.24) is 5.32 Å². The minimum atomic E-state index is 0. The second kappa shape index (κ2) is 4.75. The lowest BCUT2D eigenvalue weighted by atomic mass is 9.97. The molecule has 1 aromatic carbocycles. The first-order valence-corrected chi connectivity index (χ1v) is 5.05. The van der Waals surface area contributed by atoms with Crippen molar-refractivity contribution in [3.05, 3.63) is 33.8 Å². The van der Waals surface area contributed by atoms with Gasteiger partial charge in [-0.15, -0.1) is 24.0 Å². The standard InChI is InChI=1S/C10H12BrN.HI/c1-7-4-8-2-3-10(11)5-9(8)6-12-7;/h2-3,5,7,12H,4,6H2,1H3;1H. The fourth-order valence-corrected chi connectivity index (χ4v) is 2.05. The lowest BCUT2D eigenvalue weighted by molar-refractivity contribution is 0.513. The van der Waals surface area contributed by atoms with E-state index in [4.69, 9.17) is 0 Å². The van der Waals surface area contributed by atoms with Gasteiger partial charge in [-0.1, -0.05) is 22.0 Å². The van der Waals surface area contributed by atoms with Gasteiger partial charge in [0.05, 0.1) is 0 Å². The van der Waals surface area contributed by atoms with Gasteiger partial charge in [-0.05, 0) is 36.6 Å². The molecule has 0 saturated carbocycles. The van der Waals surface area contributed by atoms with Crippen LogP contribution in [0.3, 0.4) is 0 Å². The molecule has 1 heterocycles. The number of benzene rings is 1. The average molecular weight is 354 g/mol. The van der Waals surface area contributed by atoms with Crippen molar-refractivity contribution in [2.24, 2.45) is 0 Å². The summed E-state index contributed by atoms with van der Waals surface area (Å²) in [6, 6.07) is 7.17. The number of hydrogen-bond acceptors (Lipinski definition) is 1. The fraction of sp³-hybridized carbons (Fsp3) is 0.400. The van der Waals surface area contributed by atoms with Gasteiger partial charge >= 0.3 is 0 Å². The van der Waals surface area contributed by atoms with E-state index in [1.165, 1.54) is 15.6 Å². The Labute approximate surface area is 104 Å². The van der Waals surface area contributed by atoms with E-state index >= 15 is 0 Å². The molecule has 1 aromatic rings. The smallest absolute Gasteiger partial charge is 0.0211 e. The third kappa shape index (κ3) is 2.67. The van der Waals surface area contributed by atoms with Gasteiger partial charge in [0.1, 0.15) is 0 Å². The Hall–Kier alpha value is 0.390. The van der Waals surface area contributed by atoms with E-state index in [0.29, 0.717) is 6.04 Å². The average Bonchev–Trinajstić information content (AvgIpc) is 2.05. The van der Waals surface area contributed by atoms with Crippen molar-refractivity contribution in [2.75, 3.05) is 0 Å². The van der Waals surface area contributed by atoms with Crippen LogP contribution in [0, 0.1) is 0 Å². The molecule has 0 spiro atoms. The van der Waals surface area contributed by atoms with Crippen LogP contribution in [0.25, 0.3) is 0 Å². The van der Waals surface area contributed by atoms with Crippen LogP contribution in [0.2, 0.25) is 0 Å². The molecule has 1 aliphatic heterocycles. The summed E-state index contributed by atoms with van der Waals surface area (Å²) in [5.74, 6) is 0. The molecule has 72 valence electrons. The van der Waals surface area contributed by atoms with Crippen molar-refractivity contribution >= 4 is 39.9 Å². The molecule has 1 nitrogen and oxygen atoms in total. The van der Waals surface area contributed by atoms with Gasteiger partial charge in [-0.3, -0.25) is 0 Å². The van der Waals surface area contributed by atoms with E-state index in [-0.39, 0.29) is 24.0 Å². The summed E-state index contributed by atoms with van der Waals surface area (Å²) < 4.78 is 1.18. The van der Waals surface area contributed by atoms with Crippen LogP contribution in [0.4, 0.5) is 0 Å². The maximum atomic E-state index is 3.48. The first-order chi connectivity index (χ1) is 5.75. The minimum absolute atomic E-state index is 0. The number of fused-ring (bicyclic) bond motifs is 1. The molecule has 1 aliphatic rings. The highest BCUT2D eigenvalue weighted by Gasteiger charge is 2.13. The maximum Gasteiger partial charge on any atom is 0.0211 e. The number of hydrogen-bond donors (Lipinski definition) is 1. The number of nitrogens with one attached hydrogen (secondary N) is 1. The molecule has 0 aliphatic carbocycles. The Balaban J connectivity index is 0.000000845. The first-order valence-electron chi connectivity index (χ1n) is 4.26. The predicted octanol–water partition coefficient (Wildman–Crippen LogP) is 3.10. The molecule has 2 rings (SSSR count). The monoisotopic (exact) mass is 353 g/mol. The molecule has 1 unspecified atom stereocenters. The summed E-state index contributed by atoms with van der Waals surface area (Å²) in [4.78, 5) is 0. The van der Waals surface area contributed by atoms with Crippen LogP contribution >= 0.6 is 39.9 Å². The van der Waals surface area contributed by atoms with Gasteiger partial charge in [0.15, 0.2) is 0 Å². The number of halogens is 2. The summed E-state index contributed by atoms with van der Waals surface area (Å²) in [6.07, 6.45) is 1.16. The highest BCUT2D eigenvalue weighted by molar-refractivity contribution is 14.0. The van der Waals surface area contributed by atoms with Crippen molar-refractivity contribution in [3.8, 4) is 0 Å². The quantitative estimate of drug-likeness (QED) is 0.707. The predicted molar refractivity (Wildman–Crippen MR) is 69.6 cm³/mol. The lowest BCUT2D eigenvalue weighted by Crippen LogP contribution is -2.32. The van der Waals surface area contributed by atoms with Crippen LogP contribution in [0.15, 0.2) is 22.7 Å². The molecular weight excluding hydrogens is 341 g/mol. The minimum Gasteiger partial charge on any atom is -0.310 e. The van der Waals surface area contributed by atoms with Crippen LogP contribution in [-0.2, 0) is 13.0 Å². The second-order valence-corrected chi connectivity index (χ2v) is 4.31. The van der Waals surface area contributed by atoms with Gasteiger partial charge in [0.25, 0.3) is 0 Å². The molecule has 0 bridgehead atoms. The zero-order valence-corrected chi connectivity index (χ0v) is 11.4. The molecule has 0 amide bonds. The summed E-state index contributed by atoms with van der Waals surface area (Å²) in [5, 5.41) is 3.44. The van der Waals surface area contributed by atoms with Crippen molar-refractivity contribution < 1.29 is 0 Å². The summed E-state index contributed by atoms with van der Waals surface area (Å²) >= 11 is 3.48. The molecule has 0 aromatic heterocycles.